The Bertz CT molecular complexity index is 315. The Kier molecular flexibility index (Phi) is 1.98. The maximum Gasteiger partial charge on any atom is 0.0650 e. The van der Waals surface area contributed by atoms with Crippen LogP contribution in [0.1, 0.15) is 59.8 Å². The van der Waals surface area contributed by atoms with Crippen LogP contribution in [0.25, 0.3) is 0 Å². The highest BCUT2D eigenvalue weighted by Crippen LogP contribution is 2.70. The largest absolute Gasteiger partial charge is 0.390 e. The first kappa shape index (κ1) is 11.1. The van der Waals surface area contributed by atoms with Crippen molar-refractivity contribution in [3.8, 4) is 0 Å². The molecule has 16 heavy (non-hydrogen) atoms. The van der Waals surface area contributed by atoms with Crippen LogP contribution in [-0.2, 0) is 0 Å². The molecule has 0 spiro atoms. The fraction of sp³-hybridized carbons (Fsp3) is 1.00. The second-order valence-electron chi connectivity index (χ2n) is 7.99. The second kappa shape index (κ2) is 2.85. The molecule has 3 aliphatic rings. The van der Waals surface area contributed by atoms with Gasteiger partial charge in [0.25, 0.3) is 0 Å². The highest BCUT2D eigenvalue weighted by molar-refractivity contribution is 5.13. The van der Waals surface area contributed by atoms with Crippen molar-refractivity contribution in [3.05, 3.63) is 0 Å². The Balaban J connectivity index is 2.02. The van der Waals surface area contributed by atoms with Gasteiger partial charge in [-0.3, -0.25) is 0 Å². The van der Waals surface area contributed by atoms with Crippen LogP contribution >= 0.6 is 0 Å². The minimum Gasteiger partial charge on any atom is -0.390 e. The molecule has 1 nitrogen and oxygen atoms in total. The summed E-state index contributed by atoms with van der Waals surface area (Å²) in [4.78, 5) is 0. The Morgan fingerprint density at radius 3 is 2.25 bits per heavy atom. The predicted octanol–water partition coefficient (Wildman–Crippen LogP) is 3.61. The predicted molar refractivity (Wildman–Crippen MR) is 66.1 cm³/mol. The molecule has 0 aromatic carbocycles. The van der Waals surface area contributed by atoms with E-state index in [2.05, 4.69) is 27.7 Å². The van der Waals surface area contributed by atoms with Gasteiger partial charge in [0.15, 0.2) is 0 Å². The van der Waals surface area contributed by atoms with E-state index in [9.17, 15) is 5.11 Å². The second-order valence-corrected chi connectivity index (χ2v) is 7.99. The summed E-state index contributed by atoms with van der Waals surface area (Å²) in [6.07, 6.45) is 6.26. The lowest BCUT2D eigenvalue weighted by Gasteiger charge is -2.46. The van der Waals surface area contributed by atoms with Crippen LogP contribution in [0.3, 0.4) is 0 Å². The van der Waals surface area contributed by atoms with Gasteiger partial charge >= 0.3 is 0 Å². The molecule has 0 aromatic heterocycles. The minimum absolute atomic E-state index is 0.376. The molecule has 0 amide bonds. The number of hydrogen-bond acceptors (Lipinski definition) is 1. The lowest BCUT2D eigenvalue weighted by molar-refractivity contribution is -0.0822. The Labute approximate surface area is 99.6 Å². The van der Waals surface area contributed by atoms with E-state index in [1.165, 1.54) is 25.7 Å². The minimum atomic E-state index is -0.376. The Morgan fingerprint density at radius 1 is 0.938 bits per heavy atom. The maximum atomic E-state index is 10.6. The van der Waals surface area contributed by atoms with E-state index < -0.39 is 0 Å². The summed E-state index contributed by atoms with van der Waals surface area (Å²) in [5.74, 6) is 2.24. The molecule has 92 valence electrons. The highest BCUT2D eigenvalue weighted by Gasteiger charge is 2.64. The van der Waals surface area contributed by atoms with Gasteiger partial charge < -0.3 is 5.11 Å². The van der Waals surface area contributed by atoms with Crippen molar-refractivity contribution in [1.29, 1.82) is 0 Å². The molecule has 0 saturated heterocycles. The third-order valence-electron chi connectivity index (χ3n) is 6.32. The first-order valence-corrected chi connectivity index (χ1v) is 6.99. The normalized spacial score (nSPS) is 58.7. The van der Waals surface area contributed by atoms with Gasteiger partial charge in [0.05, 0.1) is 5.60 Å². The van der Waals surface area contributed by atoms with Gasteiger partial charge in [-0.2, -0.15) is 0 Å². The maximum absolute atomic E-state index is 10.6. The SMILES string of the molecule is CC1(C)C[C@@]2(C)CC[C@@H]3[C@H]2[C@@H]1CC[C@@]3(C)O. The average Bonchev–Trinajstić information content (AvgIpc) is 2.51. The number of hydrogen-bond donors (Lipinski definition) is 1. The third-order valence-corrected chi connectivity index (χ3v) is 6.32. The molecule has 0 aromatic rings. The molecule has 0 heterocycles. The summed E-state index contributed by atoms with van der Waals surface area (Å²) in [5, 5.41) is 10.6. The summed E-state index contributed by atoms with van der Waals surface area (Å²) in [6.45, 7) is 9.49. The van der Waals surface area contributed by atoms with Gasteiger partial charge in [0, 0.05) is 0 Å². The molecular weight excluding hydrogens is 196 g/mol. The lowest BCUT2D eigenvalue weighted by atomic mass is 9.61. The van der Waals surface area contributed by atoms with Crippen molar-refractivity contribution >= 4 is 0 Å². The van der Waals surface area contributed by atoms with Crippen molar-refractivity contribution in [2.75, 3.05) is 0 Å². The summed E-state index contributed by atoms with van der Waals surface area (Å²) in [5.41, 5.74) is 0.664. The standard InChI is InChI=1S/C15H26O/c1-13(2)9-14(3)7-5-11-12(14)10(13)6-8-15(11,4)16/h10-12,16H,5-9H2,1-4H3/t10-,11+,12+,14+,15+/m0/s1. The molecule has 3 saturated carbocycles. The van der Waals surface area contributed by atoms with Crippen LogP contribution in [0, 0.1) is 28.6 Å². The van der Waals surface area contributed by atoms with E-state index in [1.54, 1.807) is 0 Å². The molecule has 3 fully saturated rings. The lowest BCUT2D eigenvalue weighted by Crippen LogP contribution is -2.46. The van der Waals surface area contributed by atoms with Gasteiger partial charge in [-0.1, -0.05) is 20.8 Å². The zero-order chi connectivity index (χ0) is 11.8. The van der Waals surface area contributed by atoms with Crippen molar-refractivity contribution < 1.29 is 5.11 Å². The van der Waals surface area contributed by atoms with Crippen LogP contribution in [0.15, 0.2) is 0 Å². The summed E-state index contributed by atoms with van der Waals surface area (Å²) < 4.78 is 0. The van der Waals surface area contributed by atoms with Crippen molar-refractivity contribution in [2.45, 2.75) is 65.4 Å². The van der Waals surface area contributed by atoms with Gasteiger partial charge in [0.2, 0.25) is 0 Å². The quantitative estimate of drug-likeness (QED) is 0.664. The fourth-order valence-electron chi connectivity index (χ4n) is 5.85. The third kappa shape index (κ3) is 1.21. The monoisotopic (exact) mass is 222 g/mol. The fourth-order valence-corrected chi connectivity index (χ4v) is 5.85. The van der Waals surface area contributed by atoms with Crippen LogP contribution in [0.2, 0.25) is 0 Å². The van der Waals surface area contributed by atoms with Crippen LogP contribution in [-0.4, -0.2) is 10.7 Å². The molecule has 3 rings (SSSR count). The van der Waals surface area contributed by atoms with Crippen LogP contribution in [0.4, 0.5) is 0 Å². The number of rotatable bonds is 0. The summed E-state index contributed by atoms with van der Waals surface area (Å²) in [7, 11) is 0. The molecule has 5 atom stereocenters. The zero-order valence-electron chi connectivity index (χ0n) is 11.2. The molecular formula is C15H26O. The van der Waals surface area contributed by atoms with Gasteiger partial charge in [-0.15, -0.1) is 0 Å². The van der Waals surface area contributed by atoms with E-state index in [4.69, 9.17) is 0 Å². The van der Waals surface area contributed by atoms with Crippen LogP contribution in [0.5, 0.6) is 0 Å². The number of aliphatic hydroxyl groups is 1. The van der Waals surface area contributed by atoms with E-state index in [1.807, 2.05) is 0 Å². The average molecular weight is 222 g/mol. The smallest absolute Gasteiger partial charge is 0.0650 e. The van der Waals surface area contributed by atoms with Crippen molar-refractivity contribution in [1.82, 2.24) is 0 Å². The van der Waals surface area contributed by atoms with Gasteiger partial charge in [-0.25, -0.2) is 0 Å². The summed E-state index contributed by atoms with van der Waals surface area (Å²) in [6, 6.07) is 0. The first-order chi connectivity index (χ1) is 7.26. The van der Waals surface area contributed by atoms with E-state index in [0.29, 0.717) is 16.7 Å². The van der Waals surface area contributed by atoms with E-state index in [-0.39, 0.29) is 5.60 Å². The van der Waals surface area contributed by atoms with E-state index >= 15 is 0 Å². The van der Waals surface area contributed by atoms with Crippen molar-refractivity contribution in [3.63, 3.8) is 0 Å². The topological polar surface area (TPSA) is 20.2 Å². The highest BCUT2D eigenvalue weighted by atomic mass is 16.3. The molecule has 1 heteroatoms. The molecule has 1 N–H and O–H groups in total. The van der Waals surface area contributed by atoms with Crippen LogP contribution < -0.4 is 0 Å². The molecule has 0 unspecified atom stereocenters. The molecule has 3 aliphatic carbocycles. The van der Waals surface area contributed by atoms with Gasteiger partial charge in [0.1, 0.15) is 0 Å². The Hall–Kier alpha value is -0.0400. The van der Waals surface area contributed by atoms with Crippen molar-refractivity contribution in [2.24, 2.45) is 28.6 Å². The zero-order valence-corrected chi connectivity index (χ0v) is 11.2. The summed E-state index contributed by atoms with van der Waals surface area (Å²) >= 11 is 0. The molecule has 0 bridgehead atoms. The Morgan fingerprint density at radius 2 is 1.56 bits per heavy atom. The van der Waals surface area contributed by atoms with Gasteiger partial charge in [-0.05, 0) is 67.6 Å². The first-order valence-electron chi connectivity index (χ1n) is 6.99. The van der Waals surface area contributed by atoms with E-state index in [0.717, 1.165) is 18.3 Å². The molecule has 0 radical (unpaired) electrons. The molecule has 0 aliphatic heterocycles.